The van der Waals surface area contributed by atoms with Crippen LogP contribution in [0.5, 0.6) is 0 Å². The highest BCUT2D eigenvalue weighted by Crippen LogP contribution is 2.22. The molecule has 0 saturated heterocycles. The first-order chi connectivity index (χ1) is 7.79. The topological polar surface area (TPSA) is 0 Å². The molecule has 0 aliphatic heterocycles. The van der Waals surface area contributed by atoms with Crippen LogP contribution in [-0.4, -0.2) is 19.6 Å². The van der Waals surface area contributed by atoms with Crippen molar-refractivity contribution in [3.8, 4) is 0 Å². The first kappa shape index (κ1) is 15.3. The lowest BCUT2D eigenvalue weighted by Crippen LogP contribution is -3.00. The lowest BCUT2D eigenvalue weighted by molar-refractivity contribution is -0.00000332. The molecule has 0 bridgehead atoms. The van der Waals surface area contributed by atoms with E-state index in [1.165, 1.54) is 5.69 Å². The molecule has 0 N–H and O–H groups in total. The van der Waals surface area contributed by atoms with E-state index in [2.05, 4.69) is 44.0 Å². The van der Waals surface area contributed by atoms with Crippen molar-refractivity contribution in [3.63, 3.8) is 0 Å². The number of benzene rings is 1. The maximum absolute atomic E-state index is 3.85. The summed E-state index contributed by atoms with van der Waals surface area (Å²) in [5.41, 5.74) is 1.28. The summed E-state index contributed by atoms with van der Waals surface area (Å²) in [7, 11) is 0. The highest BCUT2D eigenvalue weighted by atomic mass is 19.0. The van der Waals surface area contributed by atoms with Crippen LogP contribution >= 0.6 is 0 Å². The quantitative estimate of drug-likeness (QED) is 0.477. The van der Waals surface area contributed by atoms with E-state index >= 15 is 0 Å². The predicted molar refractivity (Wildman–Crippen MR) is 73.4 cm³/mol. The average Bonchev–Trinajstić information content (AvgIpc) is 2.31. The van der Waals surface area contributed by atoms with Gasteiger partial charge in [-0.2, -0.15) is 0 Å². The molecule has 0 radical (unpaired) electrons. The molecule has 0 fully saturated rings. The predicted octanol–water partition coefficient (Wildman–Crippen LogP) is 0.556. The van der Waals surface area contributed by atoms with Gasteiger partial charge in [0.1, 0.15) is 25.3 Å². The zero-order valence-electron chi connectivity index (χ0n) is 10.2. The summed E-state index contributed by atoms with van der Waals surface area (Å²) >= 11 is 0. The fraction of sp³-hybridized carbons (Fsp3) is 0.200. The Morgan fingerprint density at radius 1 is 0.824 bits per heavy atom. The standard InChI is InChI=1S/C15H20N.FH/c1-4-12-16(13-5-2,14-6-3)15-10-8-7-9-11-15;/h4-11H,1-3,12-14H2;1H/q+1;/p-1. The highest BCUT2D eigenvalue weighted by molar-refractivity contribution is 5.44. The van der Waals surface area contributed by atoms with Gasteiger partial charge in [0, 0.05) is 0 Å². The summed E-state index contributed by atoms with van der Waals surface area (Å²) in [6.07, 6.45) is 5.88. The normalized spacial score (nSPS) is 10.1. The van der Waals surface area contributed by atoms with E-state index in [4.69, 9.17) is 0 Å². The monoisotopic (exact) mass is 233 g/mol. The lowest BCUT2D eigenvalue weighted by Gasteiger charge is -2.35. The van der Waals surface area contributed by atoms with Gasteiger partial charge in [0.2, 0.25) is 0 Å². The minimum Gasteiger partial charge on any atom is -1.00 e. The number of hydrogen-bond acceptors (Lipinski definition) is 0. The molecule has 0 heterocycles. The summed E-state index contributed by atoms with van der Waals surface area (Å²) in [6.45, 7) is 14.2. The van der Waals surface area contributed by atoms with Crippen LogP contribution in [0, 0.1) is 0 Å². The Morgan fingerprint density at radius 3 is 1.59 bits per heavy atom. The number of halogens is 1. The van der Waals surface area contributed by atoms with E-state index in [1.807, 2.05) is 24.3 Å². The number of hydrogen-bond donors (Lipinski definition) is 0. The smallest absolute Gasteiger partial charge is 0.133 e. The minimum absolute atomic E-state index is 0. The Labute approximate surface area is 103 Å². The number of para-hydroxylation sites is 1. The number of nitrogens with zero attached hydrogens (tertiary/aromatic N) is 1. The van der Waals surface area contributed by atoms with Crippen molar-refractivity contribution in [3.05, 3.63) is 68.3 Å². The second-order valence-corrected chi connectivity index (χ2v) is 3.89. The van der Waals surface area contributed by atoms with Crippen molar-refractivity contribution in [1.29, 1.82) is 0 Å². The van der Waals surface area contributed by atoms with Crippen LogP contribution in [-0.2, 0) is 0 Å². The van der Waals surface area contributed by atoms with E-state index in [9.17, 15) is 0 Å². The largest absolute Gasteiger partial charge is 1.00 e. The van der Waals surface area contributed by atoms with Gasteiger partial charge in [-0.3, -0.25) is 4.48 Å². The maximum atomic E-state index is 3.85. The van der Waals surface area contributed by atoms with Gasteiger partial charge >= 0.3 is 0 Å². The van der Waals surface area contributed by atoms with E-state index < -0.39 is 0 Å². The molecular weight excluding hydrogens is 213 g/mol. The Balaban J connectivity index is 0.00000256. The molecule has 0 aliphatic carbocycles. The lowest BCUT2D eigenvalue weighted by atomic mass is 10.2. The summed E-state index contributed by atoms with van der Waals surface area (Å²) < 4.78 is 0.817. The molecule has 92 valence electrons. The fourth-order valence-electron chi connectivity index (χ4n) is 2.03. The van der Waals surface area contributed by atoms with Crippen LogP contribution in [0.4, 0.5) is 5.69 Å². The summed E-state index contributed by atoms with van der Waals surface area (Å²) in [5, 5.41) is 0. The van der Waals surface area contributed by atoms with Gasteiger partial charge in [-0.05, 0) is 30.4 Å². The van der Waals surface area contributed by atoms with E-state index in [-0.39, 0.29) is 4.70 Å². The molecule has 1 rings (SSSR count). The summed E-state index contributed by atoms with van der Waals surface area (Å²) in [4.78, 5) is 0. The Bertz CT molecular complexity index is 330. The van der Waals surface area contributed by atoms with E-state index in [1.54, 1.807) is 0 Å². The Morgan fingerprint density at radius 2 is 1.24 bits per heavy atom. The van der Waals surface area contributed by atoms with E-state index in [0.29, 0.717) is 0 Å². The van der Waals surface area contributed by atoms with Crippen molar-refractivity contribution in [1.82, 2.24) is 4.48 Å². The first-order valence-electron chi connectivity index (χ1n) is 5.53. The SMILES string of the molecule is C=CC[N+](CC=C)(CC=C)c1ccccc1.[F-]. The third-order valence-corrected chi connectivity index (χ3v) is 2.74. The molecule has 0 amide bonds. The molecule has 0 atom stereocenters. The van der Waals surface area contributed by atoms with Gasteiger partial charge in [0.15, 0.2) is 0 Å². The van der Waals surface area contributed by atoms with Gasteiger partial charge in [-0.1, -0.05) is 37.9 Å². The van der Waals surface area contributed by atoms with Crippen molar-refractivity contribution in [2.75, 3.05) is 19.6 Å². The first-order valence-corrected chi connectivity index (χ1v) is 5.53. The van der Waals surface area contributed by atoms with Gasteiger partial charge in [-0.15, -0.1) is 0 Å². The minimum atomic E-state index is 0. The Kier molecular flexibility index (Phi) is 6.83. The van der Waals surface area contributed by atoms with Crippen molar-refractivity contribution >= 4 is 5.69 Å². The summed E-state index contributed by atoms with van der Waals surface area (Å²) in [6, 6.07) is 10.5. The van der Waals surface area contributed by atoms with Crippen molar-refractivity contribution in [2.45, 2.75) is 0 Å². The highest BCUT2D eigenvalue weighted by Gasteiger charge is 2.25. The van der Waals surface area contributed by atoms with Crippen LogP contribution < -0.4 is 9.19 Å². The molecule has 0 aromatic heterocycles. The molecule has 0 unspecified atom stereocenters. The molecule has 0 saturated carbocycles. The zero-order chi connectivity index (χ0) is 11.9. The van der Waals surface area contributed by atoms with Crippen LogP contribution in [0.3, 0.4) is 0 Å². The van der Waals surface area contributed by atoms with Crippen LogP contribution in [0.25, 0.3) is 0 Å². The van der Waals surface area contributed by atoms with Gasteiger partial charge in [0.25, 0.3) is 0 Å². The third kappa shape index (κ3) is 3.68. The van der Waals surface area contributed by atoms with Crippen LogP contribution in [0.15, 0.2) is 68.3 Å². The maximum Gasteiger partial charge on any atom is 0.133 e. The van der Waals surface area contributed by atoms with Crippen LogP contribution in [0.2, 0.25) is 0 Å². The van der Waals surface area contributed by atoms with Crippen LogP contribution in [0.1, 0.15) is 0 Å². The van der Waals surface area contributed by atoms with Gasteiger partial charge in [0.05, 0.1) is 0 Å². The number of quaternary nitrogens is 1. The van der Waals surface area contributed by atoms with Crippen molar-refractivity contribution in [2.24, 2.45) is 0 Å². The summed E-state index contributed by atoms with van der Waals surface area (Å²) in [5.74, 6) is 0. The number of rotatable bonds is 7. The van der Waals surface area contributed by atoms with Gasteiger partial charge in [-0.25, -0.2) is 0 Å². The second-order valence-electron chi connectivity index (χ2n) is 3.89. The van der Waals surface area contributed by atoms with E-state index in [0.717, 1.165) is 24.1 Å². The fourth-order valence-corrected chi connectivity index (χ4v) is 2.03. The molecule has 0 spiro atoms. The van der Waals surface area contributed by atoms with Crippen molar-refractivity contribution < 1.29 is 4.70 Å². The molecule has 0 aliphatic rings. The second kappa shape index (κ2) is 7.58. The van der Waals surface area contributed by atoms with Gasteiger partial charge < -0.3 is 4.70 Å². The molecular formula is C15H20FN. The Hall–Kier alpha value is -1.67. The third-order valence-electron chi connectivity index (χ3n) is 2.74. The average molecular weight is 233 g/mol. The molecule has 1 aromatic carbocycles. The molecule has 17 heavy (non-hydrogen) atoms. The zero-order valence-corrected chi connectivity index (χ0v) is 10.2. The molecule has 1 nitrogen and oxygen atoms in total. The molecule has 1 aromatic rings. The molecule has 2 heteroatoms.